The zero-order valence-corrected chi connectivity index (χ0v) is 16.3. The van der Waals surface area contributed by atoms with Gasteiger partial charge in [-0.25, -0.2) is 4.39 Å². The Morgan fingerprint density at radius 2 is 1.86 bits per heavy atom. The van der Waals surface area contributed by atoms with Gasteiger partial charge in [0.25, 0.3) is 11.8 Å². The molecule has 0 radical (unpaired) electrons. The zero-order chi connectivity index (χ0) is 20.7. The summed E-state index contributed by atoms with van der Waals surface area (Å²) in [4.78, 5) is 24.4. The predicted molar refractivity (Wildman–Crippen MR) is 101 cm³/mol. The number of hydrogen-bond acceptors (Lipinski definition) is 5. The Bertz CT molecular complexity index is 845. The molecule has 0 aliphatic rings. The van der Waals surface area contributed by atoms with Gasteiger partial charge >= 0.3 is 0 Å². The highest BCUT2D eigenvalue weighted by Gasteiger charge is 2.18. The maximum absolute atomic E-state index is 12.9. The number of hydrazine groups is 1. The number of nitrogens with one attached hydrogen (secondary N) is 2. The summed E-state index contributed by atoms with van der Waals surface area (Å²) in [6, 6.07) is 8.05. The van der Waals surface area contributed by atoms with Crippen molar-refractivity contribution in [3.8, 4) is 17.2 Å². The van der Waals surface area contributed by atoms with Crippen molar-refractivity contribution in [1.82, 2.24) is 10.9 Å². The predicted octanol–water partition coefficient (Wildman–Crippen LogP) is 3.11. The lowest BCUT2D eigenvalue weighted by molar-refractivity contribution is -0.128. The van der Waals surface area contributed by atoms with Gasteiger partial charge in [-0.05, 0) is 50.2 Å². The van der Waals surface area contributed by atoms with Crippen LogP contribution in [0, 0.1) is 5.82 Å². The summed E-state index contributed by atoms with van der Waals surface area (Å²) in [5.41, 5.74) is 4.69. The first-order chi connectivity index (χ1) is 13.3. The van der Waals surface area contributed by atoms with Crippen molar-refractivity contribution in [2.75, 3.05) is 13.7 Å². The molecule has 2 amide bonds. The lowest BCUT2D eigenvalue weighted by Gasteiger charge is -2.16. The summed E-state index contributed by atoms with van der Waals surface area (Å²) in [6.07, 6.45) is -0.927. The normalized spacial score (nSPS) is 11.3. The van der Waals surface area contributed by atoms with Crippen LogP contribution in [0.25, 0.3) is 0 Å². The fourth-order valence-electron chi connectivity index (χ4n) is 2.20. The highest BCUT2D eigenvalue weighted by molar-refractivity contribution is 6.32. The summed E-state index contributed by atoms with van der Waals surface area (Å²) in [5.74, 6) is -0.681. The van der Waals surface area contributed by atoms with Crippen molar-refractivity contribution in [3.63, 3.8) is 0 Å². The summed E-state index contributed by atoms with van der Waals surface area (Å²) in [7, 11) is 1.42. The van der Waals surface area contributed by atoms with Crippen LogP contribution in [-0.4, -0.2) is 31.6 Å². The first-order valence-electron chi connectivity index (χ1n) is 8.38. The van der Waals surface area contributed by atoms with E-state index in [0.29, 0.717) is 23.9 Å². The van der Waals surface area contributed by atoms with Crippen LogP contribution in [-0.2, 0) is 4.79 Å². The van der Waals surface area contributed by atoms with E-state index < -0.39 is 23.7 Å². The average Bonchev–Trinajstić information content (AvgIpc) is 2.68. The van der Waals surface area contributed by atoms with Crippen LogP contribution >= 0.6 is 11.6 Å². The van der Waals surface area contributed by atoms with Crippen LogP contribution in [0.4, 0.5) is 4.39 Å². The Hall–Kier alpha value is -3.00. The quantitative estimate of drug-likeness (QED) is 0.685. The van der Waals surface area contributed by atoms with E-state index in [1.165, 1.54) is 50.4 Å². The molecule has 1 atom stereocenters. The monoisotopic (exact) mass is 410 g/mol. The van der Waals surface area contributed by atoms with Gasteiger partial charge in [-0.3, -0.25) is 20.4 Å². The number of carbonyl (C=O) groups excluding carboxylic acids is 2. The van der Waals surface area contributed by atoms with Crippen LogP contribution < -0.4 is 25.1 Å². The number of halogens is 2. The van der Waals surface area contributed by atoms with E-state index in [9.17, 15) is 14.0 Å². The molecule has 0 aliphatic carbocycles. The second-order valence-corrected chi connectivity index (χ2v) is 5.99. The fourth-order valence-corrected chi connectivity index (χ4v) is 2.46. The lowest BCUT2D eigenvalue weighted by atomic mass is 10.2. The fraction of sp³-hybridized carbons (Fsp3) is 0.263. The molecule has 0 bridgehead atoms. The molecular weight excluding hydrogens is 391 g/mol. The summed E-state index contributed by atoms with van der Waals surface area (Å²) >= 11 is 6.13. The van der Waals surface area contributed by atoms with Crippen molar-refractivity contribution in [2.24, 2.45) is 0 Å². The van der Waals surface area contributed by atoms with Gasteiger partial charge in [-0.15, -0.1) is 0 Å². The molecule has 1 unspecified atom stereocenters. The average molecular weight is 411 g/mol. The number of amides is 2. The second kappa shape index (κ2) is 9.80. The van der Waals surface area contributed by atoms with E-state index in [0.717, 1.165) is 0 Å². The van der Waals surface area contributed by atoms with Crippen molar-refractivity contribution in [1.29, 1.82) is 0 Å². The molecule has 0 fully saturated rings. The van der Waals surface area contributed by atoms with Crippen LogP contribution in [0.1, 0.15) is 24.2 Å². The Labute approximate surface area is 166 Å². The summed E-state index contributed by atoms with van der Waals surface area (Å²) in [6.45, 7) is 3.66. The topological polar surface area (TPSA) is 85.9 Å². The minimum atomic E-state index is -0.927. The van der Waals surface area contributed by atoms with Crippen molar-refractivity contribution in [3.05, 3.63) is 52.8 Å². The molecule has 2 aromatic carbocycles. The standard InChI is InChI=1S/C19H20ClFN2O5/c1-4-27-17-15(20)9-12(10-16(17)26-3)19(25)23-22-18(24)11(2)28-14-7-5-13(21)6-8-14/h5-11H,4H2,1-3H3,(H,22,24)(H,23,25). The number of benzene rings is 2. The number of hydrogen-bond donors (Lipinski definition) is 2. The maximum atomic E-state index is 12.9. The maximum Gasteiger partial charge on any atom is 0.279 e. The van der Waals surface area contributed by atoms with Gasteiger partial charge in [0.2, 0.25) is 0 Å². The molecule has 0 saturated heterocycles. The van der Waals surface area contributed by atoms with E-state index in [-0.39, 0.29) is 10.6 Å². The third kappa shape index (κ3) is 5.50. The SMILES string of the molecule is CCOc1c(Cl)cc(C(=O)NNC(=O)C(C)Oc2ccc(F)cc2)cc1OC. The largest absolute Gasteiger partial charge is 0.493 e. The van der Waals surface area contributed by atoms with E-state index in [1.54, 1.807) is 6.92 Å². The first kappa shape index (κ1) is 21.3. The third-order valence-corrected chi connectivity index (χ3v) is 3.86. The molecule has 0 aromatic heterocycles. The molecule has 0 heterocycles. The Kier molecular flexibility index (Phi) is 7.45. The van der Waals surface area contributed by atoms with Crippen LogP contribution in [0.2, 0.25) is 5.02 Å². The van der Waals surface area contributed by atoms with Crippen LogP contribution in [0.5, 0.6) is 17.2 Å². The first-order valence-corrected chi connectivity index (χ1v) is 8.76. The summed E-state index contributed by atoms with van der Waals surface area (Å²) in [5, 5.41) is 0.200. The molecular formula is C19H20ClFN2O5. The third-order valence-electron chi connectivity index (χ3n) is 3.58. The molecule has 0 spiro atoms. The highest BCUT2D eigenvalue weighted by Crippen LogP contribution is 2.36. The Morgan fingerprint density at radius 3 is 2.46 bits per heavy atom. The van der Waals surface area contributed by atoms with E-state index in [4.69, 9.17) is 25.8 Å². The number of rotatable bonds is 7. The van der Waals surface area contributed by atoms with Crippen molar-refractivity contribution < 1.29 is 28.2 Å². The second-order valence-electron chi connectivity index (χ2n) is 5.58. The number of carbonyl (C=O) groups is 2. The van der Waals surface area contributed by atoms with Gasteiger partial charge in [0.05, 0.1) is 18.7 Å². The van der Waals surface area contributed by atoms with Crippen molar-refractivity contribution in [2.45, 2.75) is 20.0 Å². The van der Waals surface area contributed by atoms with Gasteiger partial charge in [0.15, 0.2) is 17.6 Å². The Morgan fingerprint density at radius 1 is 1.18 bits per heavy atom. The molecule has 2 rings (SSSR count). The minimum Gasteiger partial charge on any atom is -0.493 e. The van der Waals surface area contributed by atoms with E-state index in [2.05, 4.69) is 10.9 Å². The number of ether oxygens (including phenoxy) is 3. The van der Waals surface area contributed by atoms with Gasteiger partial charge in [0, 0.05) is 5.56 Å². The molecule has 150 valence electrons. The van der Waals surface area contributed by atoms with Gasteiger partial charge in [-0.1, -0.05) is 11.6 Å². The number of methoxy groups -OCH3 is 1. The lowest BCUT2D eigenvalue weighted by Crippen LogP contribution is -2.47. The van der Waals surface area contributed by atoms with Crippen LogP contribution in [0.3, 0.4) is 0 Å². The molecule has 0 aliphatic heterocycles. The minimum absolute atomic E-state index is 0.165. The van der Waals surface area contributed by atoms with Crippen molar-refractivity contribution >= 4 is 23.4 Å². The van der Waals surface area contributed by atoms with Gasteiger partial charge < -0.3 is 14.2 Å². The Balaban J connectivity index is 1.98. The molecule has 2 aromatic rings. The van der Waals surface area contributed by atoms with E-state index in [1.807, 2.05) is 0 Å². The zero-order valence-electron chi connectivity index (χ0n) is 15.5. The summed E-state index contributed by atoms with van der Waals surface area (Å²) < 4.78 is 28.8. The molecule has 2 N–H and O–H groups in total. The molecule has 7 nitrogen and oxygen atoms in total. The molecule has 9 heteroatoms. The molecule has 0 saturated carbocycles. The van der Waals surface area contributed by atoms with Gasteiger partial charge in [-0.2, -0.15) is 0 Å². The molecule has 28 heavy (non-hydrogen) atoms. The van der Waals surface area contributed by atoms with Gasteiger partial charge in [0.1, 0.15) is 11.6 Å². The van der Waals surface area contributed by atoms with E-state index >= 15 is 0 Å². The van der Waals surface area contributed by atoms with Crippen LogP contribution in [0.15, 0.2) is 36.4 Å². The smallest absolute Gasteiger partial charge is 0.279 e. The highest BCUT2D eigenvalue weighted by atomic mass is 35.5.